The van der Waals surface area contributed by atoms with Crippen LogP contribution in [0.1, 0.15) is 15.2 Å². The summed E-state index contributed by atoms with van der Waals surface area (Å²) in [6.45, 7) is 0.586. The maximum Gasteiger partial charge on any atom is 0.251 e. The molecule has 0 aliphatic carbocycles. The maximum absolute atomic E-state index is 11.8. The van der Waals surface area contributed by atoms with Crippen LogP contribution >= 0.6 is 27.3 Å². The monoisotopic (exact) mass is 295 g/mol. The highest BCUT2D eigenvalue weighted by molar-refractivity contribution is 9.10. The van der Waals surface area contributed by atoms with E-state index in [0.717, 1.165) is 9.35 Å². The first-order valence-corrected chi connectivity index (χ1v) is 6.49. The van der Waals surface area contributed by atoms with E-state index in [1.165, 1.54) is 0 Å². The number of hydrogen-bond donors (Lipinski definition) is 1. The molecule has 16 heavy (non-hydrogen) atoms. The van der Waals surface area contributed by atoms with Crippen molar-refractivity contribution >= 4 is 33.2 Å². The van der Waals surface area contributed by atoms with Crippen LogP contribution in [0.5, 0.6) is 0 Å². The van der Waals surface area contributed by atoms with Crippen LogP contribution in [0.2, 0.25) is 0 Å². The lowest BCUT2D eigenvalue weighted by molar-refractivity contribution is 0.0951. The Labute approximate surface area is 106 Å². The smallest absolute Gasteiger partial charge is 0.251 e. The summed E-state index contributed by atoms with van der Waals surface area (Å²) in [5.74, 6) is -0.0466. The molecular formula is C12H10BrNOS. The average molecular weight is 296 g/mol. The predicted molar refractivity (Wildman–Crippen MR) is 69.6 cm³/mol. The van der Waals surface area contributed by atoms with E-state index in [1.807, 2.05) is 35.7 Å². The second-order valence-electron chi connectivity index (χ2n) is 3.27. The summed E-state index contributed by atoms with van der Waals surface area (Å²) in [5, 5.41) is 4.88. The number of amides is 1. The van der Waals surface area contributed by atoms with Gasteiger partial charge in [-0.15, -0.1) is 11.3 Å². The predicted octanol–water partition coefficient (Wildman–Crippen LogP) is 3.44. The molecule has 82 valence electrons. The van der Waals surface area contributed by atoms with E-state index < -0.39 is 0 Å². The lowest BCUT2D eigenvalue weighted by Gasteiger charge is -2.03. The highest BCUT2D eigenvalue weighted by atomic mass is 79.9. The molecule has 1 amide bonds. The third-order valence-electron chi connectivity index (χ3n) is 2.09. The van der Waals surface area contributed by atoms with Gasteiger partial charge in [-0.3, -0.25) is 4.79 Å². The van der Waals surface area contributed by atoms with Crippen LogP contribution < -0.4 is 5.32 Å². The van der Waals surface area contributed by atoms with Crippen molar-refractivity contribution in [3.05, 3.63) is 56.7 Å². The molecule has 0 aliphatic heterocycles. The van der Waals surface area contributed by atoms with Gasteiger partial charge >= 0.3 is 0 Å². The van der Waals surface area contributed by atoms with Crippen molar-refractivity contribution in [2.24, 2.45) is 0 Å². The molecule has 2 nitrogen and oxygen atoms in total. The fraction of sp³-hybridized carbons (Fsp3) is 0.0833. The number of benzene rings is 1. The molecule has 0 saturated heterocycles. The summed E-state index contributed by atoms with van der Waals surface area (Å²) in [5.41, 5.74) is 0.672. The number of hydrogen-bond acceptors (Lipinski definition) is 2. The first-order valence-electron chi connectivity index (χ1n) is 4.82. The molecule has 4 heteroatoms. The minimum Gasteiger partial charge on any atom is -0.347 e. The number of nitrogens with one attached hydrogen (secondary N) is 1. The molecule has 0 spiro atoms. The van der Waals surface area contributed by atoms with Gasteiger partial charge in [0.1, 0.15) is 0 Å². The van der Waals surface area contributed by atoms with E-state index >= 15 is 0 Å². The van der Waals surface area contributed by atoms with Crippen molar-refractivity contribution in [2.45, 2.75) is 6.54 Å². The van der Waals surface area contributed by atoms with Crippen molar-refractivity contribution in [3.8, 4) is 0 Å². The van der Waals surface area contributed by atoms with Gasteiger partial charge in [-0.1, -0.05) is 28.1 Å². The largest absolute Gasteiger partial charge is 0.347 e. The van der Waals surface area contributed by atoms with E-state index in [4.69, 9.17) is 0 Å². The quantitative estimate of drug-likeness (QED) is 0.923. The van der Waals surface area contributed by atoms with Crippen LogP contribution in [-0.2, 0) is 6.54 Å². The Morgan fingerprint density at radius 3 is 2.88 bits per heavy atom. The van der Waals surface area contributed by atoms with Gasteiger partial charge in [0.05, 0.1) is 6.54 Å². The highest BCUT2D eigenvalue weighted by Crippen LogP contribution is 2.12. The summed E-state index contributed by atoms with van der Waals surface area (Å²) >= 11 is 4.98. The van der Waals surface area contributed by atoms with Crippen molar-refractivity contribution in [3.63, 3.8) is 0 Å². The van der Waals surface area contributed by atoms with Gasteiger partial charge in [-0.25, -0.2) is 0 Å². The van der Waals surface area contributed by atoms with Crippen molar-refractivity contribution in [2.75, 3.05) is 0 Å². The zero-order chi connectivity index (χ0) is 11.4. The zero-order valence-electron chi connectivity index (χ0n) is 8.44. The lowest BCUT2D eigenvalue weighted by Crippen LogP contribution is -2.22. The molecule has 0 radical (unpaired) electrons. The Morgan fingerprint density at radius 2 is 2.19 bits per heavy atom. The second kappa shape index (κ2) is 5.27. The Morgan fingerprint density at radius 1 is 1.31 bits per heavy atom. The first kappa shape index (κ1) is 11.4. The van der Waals surface area contributed by atoms with Gasteiger partial charge in [0.15, 0.2) is 0 Å². The molecule has 0 atom stereocenters. The SMILES string of the molecule is O=C(NCc1cccs1)c1cccc(Br)c1. The van der Waals surface area contributed by atoms with Gasteiger partial charge in [-0.05, 0) is 29.6 Å². The summed E-state index contributed by atoms with van der Waals surface area (Å²) in [4.78, 5) is 12.9. The molecule has 0 fully saturated rings. The minimum absolute atomic E-state index is 0.0466. The third-order valence-corrected chi connectivity index (χ3v) is 3.46. The van der Waals surface area contributed by atoms with Crippen LogP contribution in [0.25, 0.3) is 0 Å². The van der Waals surface area contributed by atoms with Crippen molar-refractivity contribution < 1.29 is 4.79 Å². The fourth-order valence-corrected chi connectivity index (χ4v) is 2.36. The van der Waals surface area contributed by atoms with Gasteiger partial charge < -0.3 is 5.32 Å². The highest BCUT2D eigenvalue weighted by Gasteiger charge is 2.05. The van der Waals surface area contributed by atoms with Crippen LogP contribution in [0, 0.1) is 0 Å². The molecule has 1 aromatic carbocycles. The number of rotatable bonds is 3. The topological polar surface area (TPSA) is 29.1 Å². The summed E-state index contributed by atoms with van der Waals surface area (Å²) < 4.78 is 0.913. The van der Waals surface area contributed by atoms with E-state index in [0.29, 0.717) is 12.1 Å². The van der Waals surface area contributed by atoms with Crippen LogP contribution in [0.15, 0.2) is 46.3 Å². The molecule has 0 bridgehead atoms. The minimum atomic E-state index is -0.0466. The van der Waals surface area contributed by atoms with Gasteiger partial charge in [-0.2, -0.15) is 0 Å². The third kappa shape index (κ3) is 2.93. The molecular weight excluding hydrogens is 286 g/mol. The van der Waals surface area contributed by atoms with Crippen molar-refractivity contribution in [1.29, 1.82) is 0 Å². The lowest BCUT2D eigenvalue weighted by atomic mass is 10.2. The average Bonchev–Trinajstić information content (AvgIpc) is 2.78. The fourth-order valence-electron chi connectivity index (χ4n) is 1.31. The van der Waals surface area contributed by atoms with Crippen LogP contribution in [0.4, 0.5) is 0 Å². The molecule has 0 saturated carbocycles. The molecule has 0 aliphatic rings. The van der Waals surface area contributed by atoms with E-state index in [-0.39, 0.29) is 5.91 Å². The van der Waals surface area contributed by atoms with E-state index in [2.05, 4.69) is 21.2 Å². The summed E-state index contributed by atoms with van der Waals surface area (Å²) in [6.07, 6.45) is 0. The molecule has 1 heterocycles. The maximum atomic E-state index is 11.8. The van der Waals surface area contributed by atoms with Crippen molar-refractivity contribution in [1.82, 2.24) is 5.32 Å². The molecule has 1 aromatic heterocycles. The van der Waals surface area contributed by atoms with Gasteiger partial charge in [0, 0.05) is 14.9 Å². The number of carbonyl (C=O) groups is 1. The molecule has 2 aromatic rings. The normalized spacial score (nSPS) is 10.1. The van der Waals surface area contributed by atoms with Crippen LogP contribution in [-0.4, -0.2) is 5.91 Å². The van der Waals surface area contributed by atoms with E-state index in [9.17, 15) is 4.79 Å². The molecule has 1 N–H and O–H groups in total. The number of thiophene rings is 1. The van der Waals surface area contributed by atoms with Crippen LogP contribution in [0.3, 0.4) is 0 Å². The summed E-state index contributed by atoms with van der Waals surface area (Å²) in [7, 11) is 0. The number of halogens is 1. The Hall–Kier alpha value is -1.13. The summed E-state index contributed by atoms with van der Waals surface area (Å²) in [6, 6.07) is 11.3. The Kier molecular flexibility index (Phi) is 3.74. The molecule has 2 rings (SSSR count). The Balaban J connectivity index is 1.98. The number of carbonyl (C=O) groups excluding carboxylic acids is 1. The Bertz CT molecular complexity index is 482. The van der Waals surface area contributed by atoms with E-state index in [1.54, 1.807) is 17.4 Å². The zero-order valence-corrected chi connectivity index (χ0v) is 10.8. The van der Waals surface area contributed by atoms with Gasteiger partial charge in [0.25, 0.3) is 5.91 Å². The standard InChI is InChI=1S/C12H10BrNOS/c13-10-4-1-3-9(7-10)12(15)14-8-11-5-2-6-16-11/h1-7H,8H2,(H,14,15). The van der Waals surface area contributed by atoms with Gasteiger partial charge in [0.2, 0.25) is 0 Å². The molecule has 0 unspecified atom stereocenters. The first-order chi connectivity index (χ1) is 7.75. The second-order valence-corrected chi connectivity index (χ2v) is 5.22.